The van der Waals surface area contributed by atoms with Crippen molar-refractivity contribution in [3.63, 3.8) is 0 Å². The Labute approximate surface area is 167 Å². The molecule has 9 heteroatoms. The summed E-state index contributed by atoms with van der Waals surface area (Å²) in [6, 6.07) is 7.46. The zero-order valence-electron chi connectivity index (χ0n) is 16.1. The second-order valence-electron chi connectivity index (χ2n) is 6.25. The molecule has 0 saturated heterocycles. The number of benzene rings is 2. The van der Waals surface area contributed by atoms with Gasteiger partial charge in [0.25, 0.3) is 5.69 Å². The van der Waals surface area contributed by atoms with E-state index in [1.807, 2.05) is 6.92 Å². The molecule has 0 atom stereocenters. The first-order valence-corrected chi connectivity index (χ1v) is 9.02. The Bertz CT molecular complexity index is 912. The van der Waals surface area contributed by atoms with E-state index >= 15 is 0 Å². The molecule has 1 heterocycles. The number of hydrogen-bond acceptors (Lipinski definition) is 8. The summed E-state index contributed by atoms with van der Waals surface area (Å²) >= 11 is 0. The molecular weight excluding hydrogens is 382 g/mol. The van der Waals surface area contributed by atoms with E-state index in [-0.39, 0.29) is 31.3 Å². The average molecular weight is 403 g/mol. The van der Waals surface area contributed by atoms with Crippen molar-refractivity contribution in [3.05, 3.63) is 57.1 Å². The molecule has 1 aliphatic heterocycles. The summed E-state index contributed by atoms with van der Waals surface area (Å²) in [6.45, 7) is 2.55. The lowest BCUT2D eigenvalue weighted by atomic mass is 10.1. The van der Waals surface area contributed by atoms with E-state index in [1.165, 1.54) is 25.3 Å². The predicted molar refractivity (Wildman–Crippen MR) is 101 cm³/mol. The highest BCUT2D eigenvalue weighted by atomic mass is 16.7. The van der Waals surface area contributed by atoms with Crippen molar-refractivity contribution in [1.82, 2.24) is 0 Å². The molecule has 0 saturated carbocycles. The molecule has 0 amide bonds. The van der Waals surface area contributed by atoms with E-state index in [4.69, 9.17) is 23.7 Å². The number of carbonyl (C=O) groups is 1. The number of non-ortho nitro benzene ring substituents is 1. The maximum absolute atomic E-state index is 12.5. The summed E-state index contributed by atoms with van der Waals surface area (Å²) in [5, 5.41) is 11.2. The Balaban J connectivity index is 1.77. The van der Waals surface area contributed by atoms with Gasteiger partial charge in [0.05, 0.1) is 30.8 Å². The Hall–Kier alpha value is -3.33. The minimum Gasteiger partial charge on any atom is -0.493 e. The number of rotatable bonds is 8. The molecule has 2 aromatic rings. The second-order valence-corrected chi connectivity index (χ2v) is 6.25. The molecule has 0 aromatic heterocycles. The molecule has 0 spiro atoms. The van der Waals surface area contributed by atoms with E-state index in [0.717, 1.165) is 6.42 Å². The van der Waals surface area contributed by atoms with E-state index in [0.29, 0.717) is 35.0 Å². The fraction of sp³-hybridized carbons (Fsp3) is 0.350. The van der Waals surface area contributed by atoms with Crippen LogP contribution in [0.4, 0.5) is 5.69 Å². The number of methoxy groups -OCH3 is 1. The van der Waals surface area contributed by atoms with E-state index in [2.05, 4.69) is 0 Å². The highest BCUT2D eigenvalue weighted by molar-refractivity contribution is 5.90. The van der Waals surface area contributed by atoms with E-state index in [1.54, 1.807) is 12.1 Å². The number of carbonyl (C=O) groups excluding carboxylic acids is 1. The highest BCUT2D eigenvalue weighted by Gasteiger charge is 2.22. The van der Waals surface area contributed by atoms with E-state index < -0.39 is 10.9 Å². The zero-order chi connectivity index (χ0) is 20.8. The predicted octanol–water partition coefficient (Wildman–Crippen LogP) is 3.62. The number of nitro benzene ring substituents is 1. The second kappa shape index (κ2) is 9.24. The van der Waals surface area contributed by atoms with Crippen LogP contribution >= 0.6 is 0 Å². The molecule has 154 valence electrons. The van der Waals surface area contributed by atoms with Gasteiger partial charge in [-0.1, -0.05) is 6.92 Å². The monoisotopic (exact) mass is 403 g/mol. The number of fused-ring (bicyclic) bond motifs is 1. The summed E-state index contributed by atoms with van der Waals surface area (Å²) in [5.74, 6) is 0.793. The third-order valence-corrected chi connectivity index (χ3v) is 4.20. The molecule has 0 bridgehead atoms. The molecule has 3 rings (SSSR count). The molecule has 0 unspecified atom stereocenters. The lowest BCUT2D eigenvalue weighted by molar-refractivity contribution is -0.385. The first-order valence-electron chi connectivity index (χ1n) is 9.02. The van der Waals surface area contributed by atoms with Gasteiger partial charge in [0.15, 0.2) is 18.3 Å². The summed E-state index contributed by atoms with van der Waals surface area (Å²) in [6.07, 6.45) is 0.841. The average Bonchev–Trinajstić information content (AvgIpc) is 2.75. The van der Waals surface area contributed by atoms with Crippen LogP contribution in [0, 0.1) is 10.1 Å². The van der Waals surface area contributed by atoms with Crippen LogP contribution in [0.3, 0.4) is 0 Å². The molecule has 29 heavy (non-hydrogen) atoms. The quantitative estimate of drug-likeness (QED) is 0.374. The van der Waals surface area contributed by atoms with Gasteiger partial charge in [0, 0.05) is 23.3 Å². The SMILES string of the molecule is CCCOc1ccc(C(=O)OCc2cc([N+](=O)[O-])cc3c2OCOC3)cc1OC. The number of nitrogens with zero attached hydrogens (tertiary/aromatic N) is 1. The van der Waals surface area contributed by atoms with Crippen molar-refractivity contribution in [3.8, 4) is 17.2 Å². The van der Waals surface area contributed by atoms with Crippen LogP contribution in [-0.2, 0) is 22.7 Å². The van der Waals surface area contributed by atoms with Gasteiger partial charge in [-0.05, 0) is 24.6 Å². The number of esters is 1. The van der Waals surface area contributed by atoms with Gasteiger partial charge in [-0.15, -0.1) is 0 Å². The van der Waals surface area contributed by atoms with Gasteiger partial charge in [0.1, 0.15) is 12.4 Å². The van der Waals surface area contributed by atoms with Crippen LogP contribution < -0.4 is 14.2 Å². The third-order valence-electron chi connectivity index (χ3n) is 4.20. The van der Waals surface area contributed by atoms with Crippen LogP contribution in [0.15, 0.2) is 30.3 Å². The van der Waals surface area contributed by atoms with E-state index in [9.17, 15) is 14.9 Å². The minimum atomic E-state index is -0.599. The standard InChI is InChI=1S/C20H21NO8/c1-3-6-27-17-5-4-13(9-18(17)25-2)20(22)28-11-15-8-16(21(23)24)7-14-10-26-12-29-19(14)15/h4-5,7-9H,3,6,10-12H2,1-2H3. The summed E-state index contributed by atoms with van der Waals surface area (Å²) in [7, 11) is 1.48. The first kappa shape index (κ1) is 20.4. The lowest BCUT2D eigenvalue weighted by Crippen LogP contribution is -2.15. The van der Waals surface area contributed by atoms with Crippen LogP contribution in [0.1, 0.15) is 34.8 Å². The van der Waals surface area contributed by atoms with Crippen molar-refractivity contribution in [2.75, 3.05) is 20.5 Å². The topological polar surface area (TPSA) is 106 Å². The molecule has 0 radical (unpaired) electrons. The summed E-state index contributed by atoms with van der Waals surface area (Å²) < 4.78 is 26.8. The molecule has 0 aliphatic carbocycles. The minimum absolute atomic E-state index is 0.0299. The Morgan fingerprint density at radius 1 is 1.24 bits per heavy atom. The highest BCUT2D eigenvalue weighted by Crippen LogP contribution is 2.33. The lowest BCUT2D eigenvalue weighted by Gasteiger charge is -2.20. The normalized spacial score (nSPS) is 12.5. The zero-order valence-corrected chi connectivity index (χ0v) is 16.1. The van der Waals surface area contributed by atoms with Crippen LogP contribution in [0.5, 0.6) is 17.2 Å². The van der Waals surface area contributed by atoms with Crippen molar-refractivity contribution in [2.45, 2.75) is 26.6 Å². The molecule has 0 fully saturated rings. The molecule has 9 nitrogen and oxygen atoms in total. The van der Waals surface area contributed by atoms with Gasteiger partial charge in [-0.25, -0.2) is 4.79 Å². The molecular formula is C20H21NO8. The molecule has 0 N–H and O–H groups in total. The Morgan fingerprint density at radius 3 is 2.79 bits per heavy atom. The van der Waals surface area contributed by atoms with Crippen LogP contribution in [0.2, 0.25) is 0 Å². The number of hydrogen-bond donors (Lipinski definition) is 0. The van der Waals surface area contributed by atoms with Gasteiger partial charge in [-0.3, -0.25) is 10.1 Å². The number of ether oxygens (including phenoxy) is 5. The van der Waals surface area contributed by atoms with Gasteiger partial charge >= 0.3 is 5.97 Å². The van der Waals surface area contributed by atoms with Crippen molar-refractivity contribution >= 4 is 11.7 Å². The molecule has 2 aromatic carbocycles. The van der Waals surface area contributed by atoms with Gasteiger partial charge in [0.2, 0.25) is 0 Å². The van der Waals surface area contributed by atoms with Gasteiger partial charge in [-0.2, -0.15) is 0 Å². The van der Waals surface area contributed by atoms with Crippen LogP contribution in [-0.4, -0.2) is 31.4 Å². The summed E-state index contributed by atoms with van der Waals surface area (Å²) in [5.41, 5.74) is 1.09. The maximum Gasteiger partial charge on any atom is 0.338 e. The van der Waals surface area contributed by atoms with Crippen LogP contribution in [0.25, 0.3) is 0 Å². The fourth-order valence-electron chi connectivity index (χ4n) is 2.85. The van der Waals surface area contributed by atoms with Gasteiger partial charge < -0.3 is 23.7 Å². The maximum atomic E-state index is 12.5. The fourth-order valence-corrected chi connectivity index (χ4v) is 2.85. The van der Waals surface area contributed by atoms with Crippen molar-refractivity contribution in [2.24, 2.45) is 0 Å². The largest absolute Gasteiger partial charge is 0.493 e. The van der Waals surface area contributed by atoms with Crippen molar-refractivity contribution in [1.29, 1.82) is 0 Å². The smallest absolute Gasteiger partial charge is 0.338 e. The third kappa shape index (κ3) is 4.75. The summed E-state index contributed by atoms with van der Waals surface area (Å²) in [4.78, 5) is 23.1. The van der Waals surface area contributed by atoms with Crippen molar-refractivity contribution < 1.29 is 33.4 Å². The Kier molecular flexibility index (Phi) is 6.50. The molecule has 1 aliphatic rings. The Morgan fingerprint density at radius 2 is 2.07 bits per heavy atom. The number of nitro groups is 1. The first-order chi connectivity index (χ1) is 14.0.